The summed E-state index contributed by atoms with van der Waals surface area (Å²) in [5, 5.41) is 2.75. The molecule has 2 aromatic rings. The highest BCUT2D eigenvalue weighted by Crippen LogP contribution is 2.23. The van der Waals surface area contributed by atoms with Gasteiger partial charge in [-0.15, -0.1) is 0 Å². The van der Waals surface area contributed by atoms with Crippen molar-refractivity contribution in [3.8, 4) is 0 Å². The Balaban J connectivity index is 1.55. The Morgan fingerprint density at radius 3 is 2.63 bits per heavy atom. The SMILES string of the molecule is O=C(NCC1CCN(S(=O)(=O)c2cccnc2)CC1)c1c(F)cccc1Cl. The van der Waals surface area contributed by atoms with Crippen LogP contribution in [0.4, 0.5) is 4.39 Å². The zero-order chi connectivity index (χ0) is 19.4. The van der Waals surface area contributed by atoms with Crippen LogP contribution in [0.5, 0.6) is 0 Å². The van der Waals surface area contributed by atoms with E-state index >= 15 is 0 Å². The molecule has 0 bridgehead atoms. The molecule has 6 nitrogen and oxygen atoms in total. The van der Waals surface area contributed by atoms with Crippen LogP contribution in [0.25, 0.3) is 0 Å². The summed E-state index contributed by atoms with van der Waals surface area (Å²) in [6, 6.07) is 7.19. The van der Waals surface area contributed by atoms with E-state index in [0.29, 0.717) is 32.5 Å². The zero-order valence-electron chi connectivity index (χ0n) is 14.4. The first-order chi connectivity index (χ1) is 12.9. The van der Waals surface area contributed by atoms with Gasteiger partial charge < -0.3 is 5.32 Å². The fraction of sp³-hybridized carbons (Fsp3) is 0.333. The molecule has 1 N–H and O–H groups in total. The number of nitrogens with one attached hydrogen (secondary N) is 1. The van der Waals surface area contributed by atoms with Crippen LogP contribution in [0.3, 0.4) is 0 Å². The Kier molecular flexibility index (Phi) is 6.08. The lowest BCUT2D eigenvalue weighted by molar-refractivity contribution is 0.0937. The Hall–Kier alpha value is -2.03. The lowest BCUT2D eigenvalue weighted by atomic mass is 9.98. The fourth-order valence-corrected chi connectivity index (χ4v) is 4.73. The summed E-state index contributed by atoms with van der Waals surface area (Å²) in [6.45, 7) is 1.06. The summed E-state index contributed by atoms with van der Waals surface area (Å²) in [5.41, 5.74) is -0.171. The molecule has 27 heavy (non-hydrogen) atoms. The van der Waals surface area contributed by atoms with Gasteiger partial charge in [0.05, 0.1) is 10.6 Å². The maximum absolute atomic E-state index is 13.8. The second kappa shape index (κ2) is 8.33. The van der Waals surface area contributed by atoms with E-state index in [0.717, 1.165) is 0 Å². The van der Waals surface area contributed by atoms with E-state index in [-0.39, 0.29) is 21.4 Å². The predicted molar refractivity (Wildman–Crippen MR) is 99.5 cm³/mol. The number of aromatic nitrogens is 1. The largest absolute Gasteiger partial charge is 0.352 e. The van der Waals surface area contributed by atoms with Crippen LogP contribution in [0.2, 0.25) is 5.02 Å². The van der Waals surface area contributed by atoms with Gasteiger partial charge in [0.2, 0.25) is 10.0 Å². The molecule has 0 saturated carbocycles. The molecule has 0 aliphatic carbocycles. The molecule has 1 aliphatic rings. The highest BCUT2D eigenvalue weighted by molar-refractivity contribution is 7.89. The van der Waals surface area contributed by atoms with Crippen LogP contribution in [0.15, 0.2) is 47.6 Å². The quantitative estimate of drug-likeness (QED) is 0.820. The van der Waals surface area contributed by atoms with Gasteiger partial charge in [0.25, 0.3) is 5.91 Å². The van der Waals surface area contributed by atoms with Gasteiger partial charge in [-0.05, 0) is 43.0 Å². The standard InChI is InChI=1S/C18H19ClFN3O3S/c19-15-4-1-5-16(20)17(15)18(24)22-11-13-6-9-23(10-7-13)27(25,26)14-3-2-8-21-12-14/h1-5,8,12-13H,6-7,9-11H2,(H,22,24). The highest BCUT2D eigenvalue weighted by Gasteiger charge is 2.29. The number of rotatable bonds is 5. The molecular formula is C18H19ClFN3O3S. The second-order valence-electron chi connectivity index (χ2n) is 6.34. The minimum absolute atomic E-state index is 0.0601. The Morgan fingerprint density at radius 1 is 1.26 bits per heavy atom. The summed E-state index contributed by atoms with van der Waals surface area (Å²) in [4.78, 5) is 16.2. The Labute approximate surface area is 162 Å². The van der Waals surface area contributed by atoms with Crippen LogP contribution in [0, 0.1) is 11.7 Å². The van der Waals surface area contributed by atoms with Crippen molar-refractivity contribution in [3.63, 3.8) is 0 Å². The van der Waals surface area contributed by atoms with Crippen molar-refractivity contribution in [2.75, 3.05) is 19.6 Å². The predicted octanol–water partition coefficient (Wildman–Crippen LogP) is 2.70. The van der Waals surface area contributed by atoms with Crippen LogP contribution in [-0.2, 0) is 10.0 Å². The van der Waals surface area contributed by atoms with Crippen LogP contribution < -0.4 is 5.32 Å². The van der Waals surface area contributed by atoms with E-state index in [1.54, 1.807) is 6.07 Å². The lowest BCUT2D eigenvalue weighted by Gasteiger charge is -2.31. The zero-order valence-corrected chi connectivity index (χ0v) is 16.0. The van der Waals surface area contributed by atoms with Gasteiger partial charge in [0.15, 0.2) is 0 Å². The molecule has 0 spiro atoms. The average Bonchev–Trinajstić information content (AvgIpc) is 2.67. The third-order valence-electron chi connectivity index (χ3n) is 4.59. The maximum atomic E-state index is 13.8. The van der Waals surface area contributed by atoms with Crippen molar-refractivity contribution in [1.29, 1.82) is 0 Å². The number of amides is 1. The number of sulfonamides is 1. The summed E-state index contributed by atoms with van der Waals surface area (Å²) < 4.78 is 40.4. The molecule has 1 aliphatic heterocycles. The monoisotopic (exact) mass is 411 g/mol. The van der Waals surface area contributed by atoms with Crippen molar-refractivity contribution in [2.45, 2.75) is 17.7 Å². The molecule has 9 heteroatoms. The van der Waals surface area contributed by atoms with Gasteiger partial charge in [-0.1, -0.05) is 17.7 Å². The molecule has 1 amide bonds. The summed E-state index contributed by atoms with van der Waals surface area (Å²) in [7, 11) is -3.55. The number of hydrogen-bond acceptors (Lipinski definition) is 4. The molecule has 1 fully saturated rings. The molecule has 1 aromatic carbocycles. The highest BCUT2D eigenvalue weighted by atomic mass is 35.5. The molecule has 3 rings (SSSR count). The van der Waals surface area contributed by atoms with Crippen LogP contribution in [-0.4, -0.2) is 43.2 Å². The number of pyridine rings is 1. The topological polar surface area (TPSA) is 79.4 Å². The molecule has 0 atom stereocenters. The van der Waals surface area contributed by atoms with Crippen molar-refractivity contribution in [3.05, 3.63) is 59.1 Å². The molecule has 1 saturated heterocycles. The molecule has 0 radical (unpaired) electrons. The molecule has 1 aromatic heterocycles. The summed E-state index contributed by atoms with van der Waals surface area (Å²) in [5.74, 6) is -1.12. The van der Waals surface area contributed by atoms with Crippen LogP contribution >= 0.6 is 11.6 Å². The maximum Gasteiger partial charge on any atom is 0.255 e. The molecular weight excluding hydrogens is 393 g/mol. The number of carbonyl (C=O) groups is 1. The van der Waals surface area contributed by atoms with E-state index in [4.69, 9.17) is 11.6 Å². The van der Waals surface area contributed by atoms with Crippen LogP contribution in [0.1, 0.15) is 23.2 Å². The number of piperidine rings is 1. The minimum atomic E-state index is -3.55. The van der Waals surface area contributed by atoms with Gasteiger partial charge >= 0.3 is 0 Å². The number of hydrogen-bond donors (Lipinski definition) is 1. The van der Waals surface area contributed by atoms with Crippen molar-refractivity contribution >= 4 is 27.5 Å². The first-order valence-electron chi connectivity index (χ1n) is 8.52. The lowest BCUT2D eigenvalue weighted by Crippen LogP contribution is -2.41. The van der Waals surface area contributed by atoms with Crippen molar-refractivity contribution < 1.29 is 17.6 Å². The normalized spacial score (nSPS) is 16.2. The van der Waals surface area contributed by atoms with Gasteiger partial charge in [0.1, 0.15) is 10.7 Å². The van der Waals surface area contributed by atoms with Gasteiger partial charge in [0, 0.05) is 32.0 Å². The van der Waals surface area contributed by atoms with Gasteiger partial charge in [-0.25, -0.2) is 12.8 Å². The van der Waals surface area contributed by atoms with Crippen molar-refractivity contribution in [1.82, 2.24) is 14.6 Å². The number of benzene rings is 1. The first kappa shape index (κ1) is 19.7. The van der Waals surface area contributed by atoms with E-state index in [2.05, 4.69) is 10.3 Å². The third-order valence-corrected chi connectivity index (χ3v) is 6.78. The average molecular weight is 412 g/mol. The molecule has 0 unspecified atom stereocenters. The number of halogens is 2. The summed E-state index contributed by atoms with van der Waals surface area (Å²) in [6.07, 6.45) is 4.06. The van der Waals surface area contributed by atoms with Gasteiger partial charge in [-0.2, -0.15) is 4.31 Å². The molecule has 144 valence electrons. The van der Waals surface area contributed by atoms with E-state index < -0.39 is 21.7 Å². The van der Waals surface area contributed by atoms with Crippen molar-refractivity contribution in [2.24, 2.45) is 5.92 Å². The smallest absolute Gasteiger partial charge is 0.255 e. The fourth-order valence-electron chi connectivity index (χ4n) is 3.04. The molecule has 2 heterocycles. The summed E-state index contributed by atoms with van der Waals surface area (Å²) >= 11 is 5.89. The number of carbonyl (C=O) groups excluding carboxylic acids is 1. The Morgan fingerprint density at radius 2 is 2.00 bits per heavy atom. The van der Waals surface area contributed by atoms with Gasteiger partial charge in [-0.3, -0.25) is 9.78 Å². The minimum Gasteiger partial charge on any atom is -0.352 e. The van der Waals surface area contributed by atoms with E-state index in [1.165, 1.54) is 41.0 Å². The van der Waals surface area contributed by atoms with E-state index in [9.17, 15) is 17.6 Å². The second-order valence-corrected chi connectivity index (χ2v) is 8.69. The van der Waals surface area contributed by atoms with E-state index in [1.807, 2.05) is 0 Å². The number of nitrogens with zero attached hydrogens (tertiary/aromatic N) is 2. The Bertz CT molecular complexity index is 896. The third kappa shape index (κ3) is 4.45. The first-order valence-corrected chi connectivity index (χ1v) is 10.3.